The van der Waals surface area contributed by atoms with E-state index in [1.807, 2.05) is 0 Å². The number of hydrogen-bond acceptors (Lipinski definition) is 3. The van der Waals surface area contributed by atoms with E-state index in [0.717, 1.165) is 17.8 Å². The Morgan fingerprint density at radius 3 is 2.65 bits per heavy atom. The third-order valence-corrected chi connectivity index (χ3v) is 2.96. The second-order valence-corrected chi connectivity index (χ2v) is 4.30. The molecule has 0 fully saturated rings. The molecule has 0 spiro atoms. The fraction of sp³-hybridized carbons (Fsp3) is 0.154. The van der Waals surface area contributed by atoms with E-state index >= 15 is 0 Å². The highest BCUT2D eigenvalue weighted by molar-refractivity contribution is 5.77. The molecule has 0 radical (unpaired) electrons. The van der Waals surface area contributed by atoms with Crippen molar-refractivity contribution in [3.8, 4) is 11.4 Å². The number of hydrogen-bond donors (Lipinski definition) is 0. The van der Waals surface area contributed by atoms with E-state index in [-0.39, 0.29) is 5.52 Å². The molecule has 0 bridgehead atoms. The van der Waals surface area contributed by atoms with Crippen LogP contribution in [0.2, 0.25) is 0 Å². The number of imidazole rings is 1. The number of alkyl halides is 3. The highest BCUT2D eigenvalue weighted by Crippen LogP contribution is 2.31. The predicted molar refractivity (Wildman–Crippen MR) is 66.7 cm³/mol. The second-order valence-electron chi connectivity index (χ2n) is 4.30. The predicted octanol–water partition coefficient (Wildman–Crippen LogP) is 3.05. The van der Waals surface area contributed by atoms with Gasteiger partial charge >= 0.3 is 6.18 Å². The molecule has 0 aromatic carbocycles. The van der Waals surface area contributed by atoms with Crippen molar-refractivity contribution < 1.29 is 13.2 Å². The molecule has 7 heteroatoms. The highest BCUT2D eigenvalue weighted by Gasteiger charge is 2.31. The van der Waals surface area contributed by atoms with E-state index in [2.05, 4.69) is 15.0 Å². The Labute approximate surface area is 111 Å². The summed E-state index contributed by atoms with van der Waals surface area (Å²) in [6.45, 7) is 0. The van der Waals surface area contributed by atoms with Crippen LogP contribution in [0.15, 0.2) is 36.8 Å². The number of fused-ring (bicyclic) bond motifs is 1. The van der Waals surface area contributed by atoms with E-state index < -0.39 is 11.7 Å². The summed E-state index contributed by atoms with van der Waals surface area (Å²) < 4.78 is 39.6. The average molecular weight is 278 g/mol. The van der Waals surface area contributed by atoms with Crippen molar-refractivity contribution in [3.05, 3.63) is 42.4 Å². The van der Waals surface area contributed by atoms with E-state index in [9.17, 15) is 13.2 Å². The van der Waals surface area contributed by atoms with Crippen LogP contribution in [0.4, 0.5) is 13.2 Å². The zero-order valence-electron chi connectivity index (χ0n) is 10.4. The number of aryl methyl sites for hydroxylation is 1. The molecule has 3 heterocycles. The average Bonchev–Trinajstić information content (AvgIpc) is 2.76. The Hall–Kier alpha value is -2.44. The number of halogens is 3. The fourth-order valence-electron chi connectivity index (χ4n) is 1.98. The topological polar surface area (TPSA) is 43.6 Å². The summed E-state index contributed by atoms with van der Waals surface area (Å²) in [4.78, 5) is 12.0. The van der Waals surface area contributed by atoms with Crippen molar-refractivity contribution in [2.24, 2.45) is 7.05 Å². The first-order chi connectivity index (χ1) is 9.47. The van der Waals surface area contributed by atoms with E-state index in [1.54, 1.807) is 36.1 Å². The standard InChI is InChI=1S/C13H9F3N4/c1-20-11(8-3-2-4-17-6-8)19-10-5-9(13(14,15)16)7-18-12(10)20/h2-7H,1H3. The van der Waals surface area contributed by atoms with Gasteiger partial charge in [0.25, 0.3) is 0 Å². The van der Waals surface area contributed by atoms with Gasteiger partial charge in [-0.2, -0.15) is 13.2 Å². The van der Waals surface area contributed by atoms with Crippen molar-refractivity contribution in [1.82, 2.24) is 19.5 Å². The van der Waals surface area contributed by atoms with Crippen molar-refractivity contribution in [2.75, 3.05) is 0 Å². The maximum Gasteiger partial charge on any atom is 0.417 e. The van der Waals surface area contributed by atoms with Gasteiger partial charge in [-0.3, -0.25) is 4.98 Å². The Morgan fingerprint density at radius 1 is 1.20 bits per heavy atom. The summed E-state index contributed by atoms with van der Waals surface area (Å²) in [5.41, 5.74) is 0.528. The first-order valence-corrected chi connectivity index (χ1v) is 5.77. The summed E-state index contributed by atoms with van der Waals surface area (Å²) in [6, 6.07) is 4.53. The van der Waals surface area contributed by atoms with Gasteiger partial charge in [0.15, 0.2) is 5.65 Å². The van der Waals surface area contributed by atoms with Crippen molar-refractivity contribution >= 4 is 11.2 Å². The summed E-state index contributed by atoms with van der Waals surface area (Å²) in [5, 5.41) is 0. The van der Waals surface area contributed by atoms with Crippen molar-refractivity contribution in [1.29, 1.82) is 0 Å². The Balaban J connectivity index is 2.20. The van der Waals surface area contributed by atoms with Crippen LogP contribution >= 0.6 is 0 Å². The number of aromatic nitrogens is 4. The largest absolute Gasteiger partial charge is 0.417 e. The van der Waals surface area contributed by atoms with Gasteiger partial charge in [0.2, 0.25) is 0 Å². The van der Waals surface area contributed by atoms with Crippen LogP contribution in [0, 0.1) is 0 Å². The number of nitrogens with zero attached hydrogens (tertiary/aromatic N) is 4. The first-order valence-electron chi connectivity index (χ1n) is 5.77. The normalized spacial score (nSPS) is 12.0. The summed E-state index contributed by atoms with van der Waals surface area (Å²) in [6.07, 6.45) is -0.387. The van der Waals surface area contributed by atoms with E-state index in [4.69, 9.17) is 0 Å². The molecule has 20 heavy (non-hydrogen) atoms. The Bertz CT molecular complexity index is 762. The Morgan fingerprint density at radius 2 is 2.00 bits per heavy atom. The lowest BCUT2D eigenvalue weighted by Gasteiger charge is -2.05. The zero-order valence-corrected chi connectivity index (χ0v) is 10.4. The summed E-state index contributed by atoms with van der Waals surface area (Å²) in [5.74, 6) is 0.528. The van der Waals surface area contributed by atoms with Crippen LogP contribution in [0.1, 0.15) is 5.56 Å². The van der Waals surface area contributed by atoms with Gasteiger partial charge in [-0.05, 0) is 18.2 Å². The van der Waals surface area contributed by atoms with Crippen molar-refractivity contribution in [3.63, 3.8) is 0 Å². The molecule has 0 aliphatic rings. The van der Waals surface area contributed by atoms with Gasteiger partial charge in [0, 0.05) is 31.2 Å². The van der Waals surface area contributed by atoms with Crippen LogP contribution in [0.25, 0.3) is 22.6 Å². The van der Waals surface area contributed by atoms with Crippen molar-refractivity contribution in [2.45, 2.75) is 6.18 Å². The minimum Gasteiger partial charge on any atom is -0.312 e. The molecule has 0 aliphatic heterocycles. The number of rotatable bonds is 1. The third-order valence-electron chi connectivity index (χ3n) is 2.96. The fourth-order valence-corrected chi connectivity index (χ4v) is 1.98. The van der Waals surface area contributed by atoms with Crippen LogP contribution in [0.3, 0.4) is 0 Å². The van der Waals surface area contributed by atoms with Gasteiger partial charge < -0.3 is 4.57 Å². The molecule has 3 aromatic heterocycles. The second kappa shape index (κ2) is 4.29. The molecule has 3 aromatic rings. The molecule has 102 valence electrons. The van der Waals surface area contributed by atoms with Gasteiger partial charge in [-0.15, -0.1) is 0 Å². The Kier molecular flexibility index (Phi) is 2.70. The maximum atomic E-state index is 12.7. The quantitative estimate of drug-likeness (QED) is 0.687. The molecular weight excluding hydrogens is 269 g/mol. The lowest BCUT2D eigenvalue weighted by Crippen LogP contribution is -2.05. The first kappa shape index (κ1) is 12.6. The lowest BCUT2D eigenvalue weighted by molar-refractivity contribution is -0.137. The molecule has 0 atom stereocenters. The molecule has 3 rings (SSSR count). The minimum absolute atomic E-state index is 0.209. The molecule has 0 saturated heterocycles. The maximum absolute atomic E-state index is 12.7. The lowest BCUT2D eigenvalue weighted by atomic mass is 10.2. The molecule has 0 unspecified atom stereocenters. The number of pyridine rings is 2. The molecule has 0 saturated carbocycles. The molecule has 0 amide bonds. The van der Waals surface area contributed by atoms with Crippen LogP contribution in [0.5, 0.6) is 0 Å². The van der Waals surface area contributed by atoms with E-state index in [0.29, 0.717) is 11.5 Å². The van der Waals surface area contributed by atoms with Gasteiger partial charge in [-0.1, -0.05) is 0 Å². The molecule has 0 N–H and O–H groups in total. The summed E-state index contributed by atoms with van der Waals surface area (Å²) >= 11 is 0. The zero-order chi connectivity index (χ0) is 14.3. The third kappa shape index (κ3) is 2.01. The molecular formula is C13H9F3N4. The van der Waals surface area contributed by atoms with Gasteiger partial charge in [-0.25, -0.2) is 9.97 Å². The SMILES string of the molecule is Cn1c(-c2cccnc2)nc2cc(C(F)(F)F)cnc21. The smallest absolute Gasteiger partial charge is 0.312 e. The van der Waals surface area contributed by atoms with Crippen LogP contribution in [-0.4, -0.2) is 19.5 Å². The highest BCUT2D eigenvalue weighted by atomic mass is 19.4. The van der Waals surface area contributed by atoms with Gasteiger partial charge in [0.1, 0.15) is 11.3 Å². The van der Waals surface area contributed by atoms with E-state index in [1.165, 1.54) is 0 Å². The molecule has 0 aliphatic carbocycles. The van der Waals surface area contributed by atoms with Gasteiger partial charge in [0.05, 0.1) is 5.56 Å². The van der Waals surface area contributed by atoms with Crippen LogP contribution < -0.4 is 0 Å². The summed E-state index contributed by atoms with van der Waals surface area (Å²) in [7, 11) is 1.71. The molecule has 4 nitrogen and oxygen atoms in total. The van der Waals surface area contributed by atoms with Crippen LogP contribution in [-0.2, 0) is 13.2 Å². The monoisotopic (exact) mass is 278 g/mol. The minimum atomic E-state index is -4.42.